The molecule has 3 nitrogen and oxygen atoms in total. The fraction of sp³-hybridized carbons (Fsp3) is 0.308. The average molecular weight is 326 g/mol. The van der Waals surface area contributed by atoms with Gasteiger partial charge in [-0.3, -0.25) is 0 Å². The molecular weight excluding hydrogens is 310 g/mol. The van der Waals surface area contributed by atoms with E-state index in [4.69, 9.17) is 5.73 Å². The molecule has 0 spiro atoms. The van der Waals surface area contributed by atoms with Gasteiger partial charge < -0.3 is 11.1 Å². The summed E-state index contributed by atoms with van der Waals surface area (Å²) in [6.45, 7) is 4.15. The Hall–Kier alpha value is -1.07. The zero-order valence-corrected chi connectivity index (χ0v) is 12.8. The molecule has 0 bridgehead atoms. The predicted molar refractivity (Wildman–Crippen MR) is 82.1 cm³/mol. The van der Waals surface area contributed by atoms with Crippen molar-refractivity contribution in [3.05, 3.63) is 38.6 Å². The van der Waals surface area contributed by atoms with Crippen molar-refractivity contribution < 1.29 is 0 Å². The van der Waals surface area contributed by atoms with E-state index in [0.717, 1.165) is 22.3 Å². The number of nitrogen functional groups attached to an aromatic ring is 1. The Balaban J connectivity index is 2.26. The van der Waals surface area contributed by atoms with Crippen LogP contribution < -0.4 is 11.1 Å². The highest BCUT2D eigenvalue weighted by molar-refractivity contribution is 9.10. The van der Waals surface area contributed by atoms with E-state index in [1.165, 1.54) is 4.88 Å². The van der Waals surface area contributed by atoms with Crippen LogP contribution in [0, 0.1) is 6.92 Å². The van der Waals surface area contributed by atoms with E-state index < -0.39 is 0 Å². The fourth-order valence-corrected chi connectivity index (χ4v) is 3.03. The van der Waals surface area contributed by atoms with E-state index in [9.17, 15) is 0 Å². The Morgan fingerprint density at radius 2 is 2.33 bits per heavy atom. The van der Waals surface area contributed by atoms with Gasteiger partial charge in [0.15, 0.2) is 0 Å². The molecule has 5 heteroatoms. The monoisotopic (exact) mass is 325 g/mol. The van der Waals surface area contributed by atoms with Crippen molar-refractivity contribution in [1.82, 2.24) is 4.98 Å². The van der Waals surface area contributed by atoms with Crippen LogP contribution in [-0.2, 0) is 0 Å². The number of thiophene rings is 1. The largest absolute Gasteiger partial charge is 0.397 e. The first-order chi connectivity index (χ1) is 8.63. The minimum Gasteiger partial charge on any atom is -0.397 e. The van der Waals surface area contributed by atoms with Crippen LogP contribution in [-0.4, -0.2) is 4.98 Å². The number of hydrogen-bond acceptors (Lipinski definition) is 4. The normalized spacial score (nSPS) is 12.4. The van der Waals surface area contributed by atoms with Crippen molar-refractivity contribution in [1.29, 1.82) is 0 Å². The second-order valence-corrected chi connectivity index (χ2v) is 5.89. The number of hydrogen-bond donors (Lipinski definition) is 2. The quantitative estimate of drug-likeness (QED) is 0.878. The fourth-order valence-electron chi connectivity index (χ4n) is 1.72. The molecular formula is C13H16BrN3S. The summed E-state index contributed by atoms with van der Waals surface area (Å²) in [5, 5.41) is 5.56. The summed E-state index contributed by atoms with van der Waals surface area (Å²) in [5.74, 6) is 0.849. The maximum absolute atomic E-state index is 5.83. The van der Waals surface area contributed by atoms with Crippen molar-refractivity contribution >= 4 is 38.8 Å². The summed E-state index contributed by atoms with van der Waals surface area (Å²) < 4.78 is 0.942. The first-order valence-corrected chi connectivity index (χ1v) is 7.51. The topological polar surface area (TPSA) is 50.9 Å². The van der Waals surface area contributed by atoms with E-state index in [1.54, 1.807) is 17.5 Å². The first-order valence-electron chi connectivity index (χ1n) is 5.84. The number of aromatic nitrogens is 1. The SMILES string of the molecule is CCC(Nc1ncc(N)c(C)c1Br)c1cccs1. The number of pyridine rings is 1. The summed E-state index contributed by atoms with van der Waals surface area (Å²) in [4.78, 5) is 5.68. The molecule has 0 aliphatic carbocycles. The van der Waals surface area contributed by atoms with Crippen LogP contribution >= 0.6 is 27.3 Å². The summed E-state index contributed by atoms with van der Waals surface area (Å²) in [5.41, 5.74) is 7.56. The third kappa shape index (κ3) is 2.67. The summed E-state index contributed by atoms with van der Waals surface area (Å²) in [7, 11) is 0. The van der Waals surface area contributed by atoms with Crippen molar-refractivity contribution in [2.45, 2.75) is 26.3 Å². The van der Waals surface area contributed by atoms with E-state index in [-0.39, 0.29) is 6.04 Å². The van der Waals surface area contributed by atoms with Gasteiger partial charge in [0.2, 0.25) is 0 Å². The molecule has 2 aromatic heterocycles. The van der Waals surface area contributed by atoms with Crippen LogP contribution in [0.4, 0.5) is 11.5 Å². The number of halogens is 1. The van der Waals surface area contributed by atoms with E-state index in [1.807, 2.05) is 6.92 Å². The third-order valence-electron chi connectivity index (χ3n) is 2.91. The molecule has 3 N–H and O–H groups in total. The molecule has 0 aliphatic heterocycles. The second-order valence-electron chi connectivity index (χ2n) is 4.12. The van der Waals surface area contributed by atoms with Crippen LogP contribution in [0.3, 0.4) is 0 Å². The van der Waals surface area contributed by atoms with E-state index in [0.29, 0.717) is 5.69 Å². The zero-order chi connectivity index (χ0) is 13.1. The molecule has 0 amide bonds. The summed E-state index contributed by atoms with van der Waals surface area (Å²) in [6, 6.07) is 4.50. The number of nitrogens with two attached hydrogens (primary N) is 1. The molecule has 1 unspecified atom stereocenters. The number of nitrogens with zero attached hydrogens (tertiary/aromatic N) is 1. The lowest BCUT2D eigenvalue weighted by atomic mass is 10.2. The Labute approximate surface area is 120 Å². The highest BCUT2D eigenvalue weighted by Gasteiger charge is 2.14. The smallest absolute Gasteiger partial charge is 0.141 e. The molecule has 2 rings (SSSR count). The van der Waals surface area contributed by atoms with Crippen LogP contribution in [0.5, 0.6) is 0 Å². The number of rotatable bonds is 4. The minimum atomic E-state index is 0.289. The molecule has 0 radical (unpaired) electrons. The maximum atomic E-state index is 5.83. The number of nitrogens with one attached hydrogen (secondary N) is 1. The van der Waals surface area contributed by atoms with Crippen molar-refractivity contribution in [2.24, 2.45) is 0 Å². The van der Waals surface area contributed by atoms with E-state index >= 15 is 0 Å². The Kier molecular flexibility index (Phi) is 4.24. The Morgan fingerprint density at radius 1 is 1.56 bits per heavy atom. The van der Waals surface area contributed by atoms with Gasteiger partial charge in [-0.15, -0.1) is 11.3 Å². The molecule has 0 aromatic carbocycles. The molecule has 0 fully saturated rings. The lowest BCUT2D eigenvalue weighted by molar-refractivity contribution is 0.758. The van der Waals surface area contributed by atoms with Crippen LogP contribution in [0.2, 0.25) is 0 Å². The molecule has 2 heterocycles. The molecule has 0 saturated carbocycles. The lowest BCUT2D eigenvalue weighted by Gasteiger charge is -2.18. The summed E-state index contributed by atoms with van der Waals surface area (Å²) >= 11 is 5.31. The Bertz CT molecular complexity index is 525. The van der Waals surface area contributed by atoms with Gasteiger partial charge in [0.1, 0.15) is 5.82 Å². The molecule has 2 aromatic rings. The van der Waals surface area contributed by atoms with Crippen molar-refractivity contribution in [3.63, 3.8) is 0 Å². The molecule has 0 saturated heterocycles. The lowest BCUT2D eigenvalue weighted by Crippen LogP contribution is -2.10. The molecule has 1 atom stereocenters. The average Bonchev–Trinajstić information content (AvgIpc) is 2.89. The molecule has 96 valence electrons. The highest BCUT2D eigenvalue weighted by atomic mass is 79.9. The standard InChI is InChI=1S/C13H16BrN3S/c1-3-10(11-5-4-6-18-11)17-13-12(14)8(2)9(15)7-16-13/h4-7,10H,3,15H2,1-2H3,(H,16,17). The highest BCUT2D eigenvalue weighted by Crippen LogP contribution is 2.32. The van der Waals surface area contributed by atoms with Crippen molar-refractivity contribution in [3.8, 4) is 0 Å². The summed E-state index contributed by atoms with van der Waals surface area (Å²) in [6.07, 6.45) is 2.71. The van der Waals surface area contributed by atoms with Gasteiger partial charge in [-0.25, -0.2) is 4.98 Å². The first kappa shape index (κ1) is 13.4. The van der Waals surface area contributed by atoms with E-state index in [2.05, 4.69) is 50.7 Å². The molecule has 18 heavy (non-hydrogen) atoms. The van der Waals surface area contributed by atoms with Gasteiger partial charge in [-0.1, -0.05) is 13.0 Å². The van der Waals surface area contributed by atoms with Gasteiger partial charge in [-0.05, 0) is 46.3 Å². The van der Waals surface area contributed by atoms with Gasteiger partial charge in [0, 0.05) is 4.88 Å². The van der Waals surface area contributed by atoms with Gasteiger partial charge >= 0.3 is 0 Å². The van der Waals surface area contributed by atoms with Crippen molar-refractivity contribution in [2.75, 3.05) is 11.1 Å². The van der Waals surface area contributed by atoms with Gasteiger partial charge in [-0.2, -0.15) is 0 Å². The van der Waals surface area contributed by atoms with Gasteiger partial charge in [0.25, 0.3) is 0 Å². The predicted octanol–water partition coefficient (Wildman–Crippen LogP) is 4.36. The maximum Gasteiger partial charge on any atom is 0.141 e. The van der Waals surface area contributed by atoms with Crippen LogP contribution in [0.25, 0.3) is 0 Å². The third-order valence-corrected chi connectivity index (χ3v) is 4.87. The van der Waals surface area contributed by atoms with Crippen LogP contribution in [0.1, 0.15) is 29.8 Å². The van der Waals surface area contributed by atoms with Crippen LogP contribution in [0.15, 0.2) is 28.2 Å². The zero-order valence-electron chi connectivity index (χ0n) is 10.4. The second kappa shape index (κ2) is 5.71. The van der Waals surface area contributed by atoms with Gasteiger partial charge in [0.05, 0.1) is 22.4 Å². The molecule has 0 aliphatic rings. The number of anilines is 2. The Morgan fingerprint density at radius 3 is 2.94 bits per heavy atom. The minimum absolute atomic E-state index is 0.289.